The number of pyridine rings is 2. The topological polar surface area (TPSA) is 52.1 Å². The molecule has 4 rings (SSSR count). The Kier molecular flexibility index (Phi) is 4.77. The van der Waals surface area contributed by atoms with Crippen molar-refractivity contribution in [2.75, 3.05) is 7.11 Å². The molecule has 26 heavy (non-hydrogen) atoms. The van der Waals surface area contributed by atoms with Gasteiger partial charge in [-0.1, -0.05) is 0 Å². The van der Waals surface area contributed by atoms with Crippen LogP contribution >= 0.6 is 22.7 Å². The van der Waals surface area contributed by atoms with Crippen molar-refractivity contribution in [3.63, 3.8) is 0 Å². The van der Waals surface area contributed by atoms with Crippen LogP contribution in [-0.4, -0.2) is 23.4 Å². The van der Waals surface area contributed by atoms with Gasteiger partial charge in [-0.3, -0.25) is 14.8 Å². The quantitative estimate of drug-likeness (QED) is 0.453. The molecule has 0 aliphatic rings. The number of carbonyl (C=O) groups is 1. The molecule has 0 bridgehead atoms. The molecule has 0 aliphatic carbocycles. The average Bonchev–Trinajstić information content (AvgIpc) is 3.20. The smallest absolute Gasteiger partial charge is 0.151 e. The van der Waals surface area contributed by atoms with Crippen LogP contribution in [0.15, 0.2) is 49.1 Å². The Morgan fingerprint density at radius 2 is 1.58 bits per heavy atom. The molecule has 0 saturated carbocycles. The van der Waals surface area contributed by atoms with Crippen LogP contribution in [0.1, 0.15) is 31.2 Å². The second-order valence-electron chi connectivity index (χ2n) is 5.89. The summed E-state index contributed by atoms with van der Waals surface area (Å²) in [7, 11) is 1.67. The summed E-state index contributed by atoms with van der Waals surface area (Å²) in [6, 6.07) is 8.40. The maximum absolute atomic E-state index is 11.2. The Hall–Kier alpha value is -2.57. The maximum atomic E-state index is 11.2. The van der Waals surface area contributed by atoms with Gasteiger partial charge in [-0.25, -0.2) is 0 Å². The molecule has 0 saturated heterocycles. The highest BCUT2D eigenvalue weighted by Crippen LogP contribution is 2.36. The molecule has 0 aromatic carbocycles. The number of hydrogen-bond acceptors (Lipinski definition) is 6. The number of thiophene rings is 2. The minimum absolute atomic E-state index is 0.662. The van der Waals surface area contributed by atoms with E-state index >= 15 is 0 Å². The van der Waals surface area contributed by atoms with Gasteiger partial charge in [-0.2, -0.15) is 0 Å². The molecule has 0 aliphatic heterocycles. The summed E-state index contributed by atoms with van der Waals surface area (Å²) in [5.41, 5.74) is 2.82. The van der Waals surface area contributed by atoms with Gasteiger partial charge in [-0.15, -0.1) is 22.7 Å². The molecule has 4 heterocycles. The molecule has 4 nitrogen and oxygen atoms in total. The van der Waals surface area contributed by atoms with E-state index in [1.807, 2.05) is 12.1 Å². The van der Waals surface area contributed by atoms with Crippen LogP contribution in [0.5, 0.6) is 5.75 Å². The number of fused-ring (bicyclic) bond motifs is 1. The first-order chi connectivity index (χ1) is 12.8. The lowest BCUT2D eigenvalue weighted by molar-refractivity contribution is 0.112. The van der Waals surface area contributed by atoms with Gasteiger partial charge in [0.15, 0.2) is 6.29 Å². The molecule has 4 aromatic rings. The van der Waals surface area contributed by atoms with Crippen LogP contribution in [0, 0.1) is 0 Å². The zero-order chi connectivity index (χ0) is 17.9. The van der Waals surface area contributed by atoms with Gasteiger partial charge in [0.25, 0.3) is 0 Å². The van der Waals surface area contributed by atoms with Crippen molar-refractivity contribution in [3.05, 3.63) is 75.5 Å². The van der Waals surface area contributed by atoms with E-state index in [2.05, 4.69) is 22.1 Å². The fourth-order valence-electron chi connectivity index (χ4n) is 2.93. The number of nitrogens with zero attached hydrogens (tertiary/aromatic N) is 2. The summed E-state index contributed by atoms with van der Waals surface area (Å²) >= 11 is 3.59. The highest BCUT2D eigenvalue weighted by atomic mass is 32.1. The van der Waals surface area contributed by atoms with Gasteiger partial charge in [0.2, 0.25) is 0 Å². The second-order valence-corrected chi connectivity index (χ2v) is 8.22. The number of methoxy groups -OCH3 is 1. The molecular weight excluding hydrogens is 364 g/mol. The summed E-state index contributed by atoms with van der Waals surface area (Å²) < 4.78 is 7.97. The third-order valence-electron chi connectivity index (χ3n) is 4.20. The monoisotopic (exact) mass is 380 g/mol. The van der Waals surface area contributed by atoms with Gasteiger partial charge in [0.1, 0.15) is 5.75 Å². The zero-order valence-corrected chi connectivity index (χ0v) is 15.8. The van der Waals surface area contributed by atoms with Crippen molar-refractivity contribution in [3.8, 4) is 5.75 Å². The van der Waals surface area contributed by atoms with E-state index in [1.54, 1.807) is 54.6 Å². The number of ether oxygens (including phenoxy) is 1. The number of hydrogen-bond donors (Lipinski definition) is 0. The van der Waals surface area contributed by atoms with Crippen molar-refractivity contribution < 1.29 is 9.53 Å². The number of aromatic nitrogens is 2. The molecule has 6 heteroatoms. The Labute approximate surface area is 159 Å². The molecule has 0 spiro atoms. The highest BCUT2D eigenvalue weighted by Gasteiger charge is 2.11. The Morgan fingerprint density at radius 1 is 0.962 bits per heavy atom. The minimum atomic E-state index is 0.662. The van der Waals surface area contributed by atoms with Crippen LogP contribution in [0.25, 0.3) is 9.40 Å². The van der Waals surface area contributed by atoms with Crippen LogP contribution in [0.2, 0.25) is 0 Å². The van der Waals surface area contributed by atoms with Crippen LogP contribution in [0.4, 0.5) is 0 Å². The van der Waals surface area contributed by atoms with Gasteiger partial charge in [0.05, 0.1) is 13.3 Å². The average molecular weight is 380 g/mol. The van der Waals surface area contributed by atoms with E-state index in [1.165, 1.54) is 19.2 Å². The van der Waals surface area contributed by atoms with E-state index in [0.29, 0.717) is 5.56 Å². The first-order valence-corrected chi connectivity index (χ1v) is 9.76. The molecule has 130 valence electrons. The van der Waals surface area contributed by atoms with E-state index in [0.717, 1.165) is 36.0 Å². The summed E-state index contributed by atoms with van der Waals surface area (Å²) in [4.78, 5) is 21.8. The first kappa shape index (κ1) is 16.9. The van der Waals surface area contributed by atoms with E-state index < -0.39 is 0 Å². The van der Waals surface area contributed by atoms with Crippen molar-refractivity contribution >= 4 is 38.4 Å². The van der Waals surface area contributed by atoms with E-state index in [9.17, 15) is 4.79 Å². The molecular formula is C20H16N2O2S2. The van der Waals surface area contributed by atoms with Crippen LogP contribution in [-0.2, 0) is 12.8 Å². The summed E-state index contributed by atoms with van der Waals surface area (Å²) in [5.74, 6) is 0.823. The van der Waals surface area contributed by atoms with Gasteiger partial charge < -0.3 is 4.74 Å². The second kappa shape index (κ2) is 7.35. The lowest BCUT2D eigenvalue weighted by atomic mass is 10.1. The lowest BCUT2D eigenvalue weighted by Gasteiger charge is -2.05. The van der Waals surface area contributed by atoms with Crippen molar-refractivity contribution in [2.45, 2.75) is 12.8 Å². The molecule has 0 amide bonds. The zero-order valence-electron chi connectivity index (χ0n) is 14.1. The fraction of sp³-hybridized carbons (Fsp3) is 0.150. The normalized spacial score (nSPS) is 11.0. The molecule has 0 unspecified atom stereocenters. The standard InChI is InChI=1S/C20H16N2O2S2/c1-24-18-11-22-5-3-14(18)7-17-9-20-19(26-17)8-16(25-20)6-13-2-4-21-10-15(13)12-23/h2-5,8-12H,6-7H2,1H3. The van der Waals surface area contributed by atoms with Gasteiger partial charge >= 0.3 is 0 Å². The number of rotatable bonds is 6. The molecule has 0 atom stereocenters. The van der Waals surface area contributed by atoms with Crippen molar-refractivity contribution in [1.29, 1.82) is 0 Å². The largest absolute Gasteiger partial charge is 0.495 e. The fourth-order valence-corrected chi connectivity index (χ4v) is 5.42. The number of carbonyl (C=O) groups excluding carboxylic acids is 1. The van der Waals surface area contributed by atoms with Crippen LogP contribution in [0.3, 0.4) is 0 Å². The summed E-state index contributed by atoms with van der Waals surface area (Å²) in [6.45, 7) is 0. The van der Waals surface area contributed by atoms with Crippen LogP contribution < -0.4 is 4.74 Å². The Morgan fingerprint density at radius 3 is 2.23 bits per heavy atom. The Balaban J connectivity index is 1.57. The molecule has 0 radical (unpaired) electrons. The van der Waals surface area contributed by atoms with E-state index in [4.69, 9.17) is 4.74 Å². The third kappa shape index (κ3) is 3.38. The minimum Gasteiger partial charge on any atom is -0.495 e. The Bertz CT molecular complexity index is 1040. The molecule has 4 aromatic heterocycles. The number of aldehydes is 1. The predicted molar refractivity (Wildman–Crippen MR) is 106 cm³/mol. The SMILES string of the molecule is COc1cnccc1Cc1cc2sc(Cc3ccncc3C=O)cc2s1. The van der Waals surface area contributed by atoms with Gasteiger partial charge in [-0.05, 0) is 29.8 Å². The van der Waals surface area contributed by atoms with Crippen molar-refractivity contribution in [1.82, 2.24) is 9.97 Å². The summed E-state index contributed by atoms with van der Waals surface area (Å²) in [5, 5.41) is 0. The molecule has 0 N–H and O–H groups in total. The summed E-state index contributed by atoms with van der Waals surface area (Å²) in [6.07, 6.45) is 9.38. The van der Waals surface area contributed by atoms with Crippen molar-refractivity contribution in [2.24, 2.45) is 0 Å². The highest BCUT2D eigenvalue weighted by molar-refractivity contribution is 7.27. The third-order valence-corrected chi connectivity index (χ3v) is 6.49. The predicted octanol–water partition coefficient (Wildman–Crippen LogP) is 4.76. The maximum Gasteiger partial charge on any atom is 0.151 e. The lowest BCUT2D eigenvalue weighted by Crippen LogP contribution is -1.93. The molecule has 0 fully saturated rings. The van der Waals surface area contributed by atoms with Gasteiger partial charge in [0, 0.05) is 61.7 Å². The van der Waals surface area contributed by atoms with E-state index in [-0.39, 0.29) is 0 Å². The first-order valence-electron chi connectivity index (χ1n) is 8.13.